The van der Waals surface area contributed by atoms with E-state index >= 15 is 0 Å². The van der Waals surface area contributed by atoms with Crippen LogP contribution in [0.15, 0.2) is 18.2 Å². The largest absolute Gasteiger partial charge is 0.489 e. The number of nitrogens with zero attached hydrogens (tertiary/aromatic N) is 1. The Hall–Kier alpha value is -1.09. The van der Waals surface area contributed by atoms with Crippen LogP contribution in [0.4, 0.5) is 11.4 Å². The normalized spacial score (nSPS) is 17.3. The molecule has 1 aromatic rings. The summed E-state index contributed by atoms with van der Waals surface area (Å²) < 4.78 is 5.59. The molecule has 0 saturated carbocycles. The Balaban J connectivity index is 0.000000750. The molecule has 14 heavy (non-hydrogen) atoms. The van der Waals surface area contributed by atoms with Gasteiger partial charge in [-0.25, -0.2) is 0 Å². The summed E-state index contributed by atoms with van der Waals surface area (Å²) in [6.07, 6.45) is 0. The van der Waals surface area contributed by atoms with Crippen LogP contribution in [0.3, 0.4) is 0 Å². The van der Waals surface area contributed by atoms with E-state index in [1.807, 2.05) is 12.1 Å². The minimum atomic E-state index is 0. The van der Waals surface area contributed by atoms with Crippen molar-refractivity contribution < 1.29 is 4.74 Å². The highest BCUT2D eigenvalue weighted by Gasteiger charge is 2.23. The molecule has 3 rings (SSSR count). The fourth-order valence-corrected chi connectivity index (χ4v) is 2.03. The standard InChI is InChI=1S/C10H12N2O.ClH/c1-2-8-10-9(3-1)13-7-6-12(10)5-4-11-8;/h1-3,11H,4-7H2;1H. The summed E-state index contributed by atoms with van der Waals surface area (Å²) in [7, 11) is 0. The third-order valence-electron chi connectivity index (χ3n) is 2.63. The van der Waals surface area contributed by atoms with E-state index in [-0.39, 0.29) is 12.4 Å². The molecule has 76 valence electrons. The highest BCUT2D eigenvalue weighted by Crippen LogP contribution is 2.39. The van der Waals surface area contributed by atoms with E-state index in [2.05, 4.69) is 16.3 Å². The van der Waals surface area contributed by atoms with E-state index in [1.54, 1.807) is 0 Å². The Bertz CT molecular complexity index is 315. The lowest BCUT2D eigenvalue weighted by Gasteiger charge is -2.36. The summed E-state index contributed by atoms with van der Waals surface area (Å²) in [4.78, 5) is 2.39. The molecule has 0 unspecified atom stereocenters. The monoisotopic (exact) mass is 212 g/mol. The Kier molecular flexibility index (Phi) is 2.42. The number of benzene rings is 1. The van der Waals surface area contributed by atoms with Gasteiger partial charge in [0, 0.05) is 13.1 Å². The zero-order chi connectivity index (χ0) is 8.67. The Morgan fingerprint density at radius 1 is 1.29 bits per heavy atom. The average molecular weight is 213 g/mol. The minimum absolute atomic E-state index is 0. The smallest absolute Gasteiger partial charge is 0.144 e. The third kappa shape index (κ3) is 1.28. The second-order valence-corrected chi connectivity index (χ2v) is 3.41. The Morgan fingerprint density at radius 3 is 3.14 bits per heavy atom. The number of ether oxygens (including phenoxy) is 1. The van der Waals surface area contributed by atoms with E-state index in [0.29, 0.717) is 0 Å². The maximum atomic E-state index is 5.59. The number of rotatable bonds is 0. The molecule has 1 N–H and O–H groups in total. The van der Waals surface area contributed by atoms with Gasteiger partial charge >= 0.3 is 0 Å². The molecule has 0 aliphatic carbocycles. The second-order valence-electron chi connectivity index (χ2n) is 3.41. The van der Waals surface area contributed by atoms with Gasteiger partial charge in [0.05, 0.1) is 12.2 Å². The highest BCUT2D eigenvalue weighted by molar-refractivity contribution is 5.85. The summed E-state index contributed by atoms with van der Waals surface area (Å²) in [5.41, 5.74) is 2.46. The molecular weight excluding hydrogens is 200 g/mol. The van der Waals surface area contributed by atoms with Crippen LogP contribution in [-0.2, 0) is 0 Å². The van der Waals surface area contributed by atoms with Crippen LogP contribution in [0.25, 0.3) is 0 Å². The van der Waals surface area contributed by atoms with Gasteiger partial charge in [-0.3, -0.25) is 0 Å². The van der Waals surface area contributed by atoms with E-state index in [9.17, 15) is 0 Å². The van der Waals surface area contributed by atoms with Crippen molar-refractivity contribution in [3.8, 4) is 5.75 Å². The molecule has 0 bridgehead atoms. The van der Waals surface area contributed by atoms with E-state index in [0.717, 1.165) is 32.0 Å². The van der Waals surface area contributed by atoms with E-state index in [1.165, 1.54) is 11.4 Å². The van der Waals surface area contributed by atoms with Gasteiger partial charge in [0.1, 0.15) is 18.0 Å². The molecular formula is C10H13ClN2O. The number of hydrogen-bond acceptors (Lipinski definition) is 3. The van der Waals surface area contributed by atoms with Gasteiger partial charge in [-0.15, -0.1) is 12.4 Å². The maximum Gasteiger partial charge on any atom is 0.144 e. The Labute approximate surface area is 89.5 Å². The molecule has 1 aromatic carbocycles. The number of para-hydroxylation sites is 1. The van der Waals surface area contributed by atoms with Crippen molar-refractivity contribution in [2.45, 2.75) is 0 Å². The zero-order valence-corrected chi connectivity index (χ0v) is 8.64. The van der Waals surface area contributed by atoms with Gasteiger partial charge in [0.25, 0.3) is 0 Å². The van der Waals surface area contributed by atoms with E-state index in [4.69, 9.17) is 4.74 Å². The first-order valence-electron chi connectivity index (χ1n) is 4.70. The molecule has 0 aromatic heterocycles. The molecule has 2 heterocycles. The third-order valence-corrected chi connectivity index (χ3v) is 2.63. The molecule has 4 heteroatoms. The molecule has 0 amide bonds. The van der Waals surface area contributed by atoms with Crippen molar-refractivity contribution >= 4 is 23.8 Å². The maximum absolute atomic E-state index is 5.59. The van der Waals surface area contributed by atoms with Crippen LogP contribution in [0.1, 0.15) is 0 Å². The highest BCUT2D eigenvalue weighted by atomic mass is 35.5. The van der Waals surface area contributed by atoms with Crippen LogP contribution in [0, 0.1) is 0 Å². The average Bonchev–Trinajstić information content (AvgIpc) is 2.19. The number of anilines is 2. The summed E-state index contributed by atoms with van der Waals surface area (Å²) in [5, 5.41) is 3.38. The first-order chi connectivity index (χ1) is 6.45. The van der Waals surface area contributed by atoms with Crippen LogP contribution in [0.2, 0.25) is 0 Å². The predicted octanol–water partition coefficient (Wildman–Crippen LogP) is 1.73. The minimum Gasteiger partial charge on any atom is -0.489 e. The van der Waals surface area contributed by atoms with Gasteiger partial charge in [-0.05, 0) is 12.1 Å². The molecule has 3 nitrogen and oxygen atoms in total. The van der Waals surface area contributed by atoms with Crippen molar-refractivity contribution in [2.75, 3.05) is 36.5 Å². The first kappa shape index (κ1) is 9.46. The van der Waals surface area contributed by atoms with Crippen molar-refractivity contribution in [1.82, 2.24) is 0 Å². The lowest BCUT2D eigenvalue weighted by atomic mass is 10.1. The number of nitrogens with one attached hydrogen (secondary N) is 1. The van der Waals surface area contributed by atoms with Crippen molar-refractivity contribution in [2.24, 2.45) is 0 Å². The SMILES string of the molecule is Cl.c1cc2c3c(c1)OCCN3CCN2. The Morgan fingerprint density at radius 2 is 2.21 bits per heavy atom. The van der Waals surface area contributed by atoms with Gasteiger partial charge < -0.3 is 15.0 Å². The summed E-state index contributed by atoms with van der Waals surface area (Å²) >= 11 is 0. The number of hydrogen-bond donors (Lipinski definition) is 1. The second kappa shape index (κ2) is 3.58. The summed E-state index contributed by atoms with van der Waals surface area (Å²) in [6.45, 7) is 3.96. The lowest BCUT2D eigenvalue weighted by Crippen LogP contribution is -2.39. The molecule has 0 radical (unpaired) electrons. The molecule has 0 saturated heterocycles. The molecule has 2 aliphatic rings. The first-order valence-corrected chi connectivity index (χ1v) is 4.70. The lowest BCUT2D eigenvalue weighted by molar-refractivity contribution is 0.307. The molecule has 0 atom stereocenters. The predicted molar refractivity (Wildman–Crippen MR) is 59.9 cm³/mol. The van der Waals surface area contributed by atoms with Gasteiger partial charge in [0.2, 0.25) is 0 Å². The zero-order valence-electron chi connectivity index (χ0n) is 7.82. The van der Waals surface area contributed by atoms with E-state index < -0.39 is 0 Å². The number of halogens is 1. The van der Waals surface area contributed by atoms with Gasteiger partial charge in [0.15, 0.2) is 0 Å². The quantitative estimate of drug-likeness (QED) is 0.709. The van der Waals surface area contributed by atoms with Crippen LogP contribution >= 0.6 is 12.4 Å². The fraction of sp³-hybridized carbons (Fsp3) is 0.400. The van der Waals surface area contributed by atoms with Crippen LogP contribution < -0.4 is 15.0 Å². The van der Waals surface area contributed by atoms with Gasteiger partial charge in [-0.1, -0.05) is 6.07 Å². The fourth-order valence-electron chi connectivity index (χ4n) is 2.03. The van der Waals surface area contributed by atoms with Crippen molar-refractivity contribution in [3.63, 3.8) is 0 Å². The summed E-state index contributed by atoms with van der Waals surface area (Å²) in [6, 6.07) is 6.19. The molecule has 0 fully saturated rings. The summed E-state index contributed by atoms with van der Waals surface area (Å²) in [5.74, 6) is 1.02. The van der Waals surface area contributed by atoms with Crippen LogP contribution in [0.5, 0.6) is 5.75 Å². The van der Waals surface area contributed by atoms with Crippen molar-refractivity contribution in [3.05, 3.63) is 18.2 Å². The topological polar surface area (TPSA) is 24.5 Å². The van der Waals surface area contributed by atoms with Crippen LogP contribution in [-0.4, -0.2) is 26.2 Å². The van der Waals surface area contributed by atoms with Gasteiger partial charge in [-0.2, -0.15) is 0 Å². The molecule has 2 aliphatic heterocycles. The van der Waals surface area contributed by atoms with Crippen molar-refractivity contribution in [1.29, 1.82) is 0 Å². The molecule has 0 spiro atoms.